The highest BCUT2D eigenvalue weighted by atomic mass is 19.4. The molecule has 1 amide bonds. The molecule has 7 heteroatoms. The summed E-state index contributed by atoms with van der Waals surface area (Å²) >= 11 is 0. The standard InChI is InChI=1S/C29H28F3NO3/c1-19(2)13-25(28(35)33-18-36-17-23(33)14-20-9-5-3-6-10-20)24-15-22(21-11-7-4-8-12-21)16-26(34)27(24)29(30,31)32/h3-12,15-17,19,25,34H,13-14,18H2,1-2H3. The van der Waals surface area contributed by atoms with Crippen LogP contribution in [0.15, 0.2) is 84.8 Å². The first-order chi connectivity index (χ1) is 17.1. The van der Waals surface area contributed by atoms with Crippen LogP contribution in [0.3, 0.4) is 0 Å². The fourth-order valence-electron chi connectivity index (χ4n) is 4.55. The van der Waals surface area contributed by atoms with Gasteiger partial charge in [0.05, 0.1) is 11.6 Å². The van der Waals surface area contributed by atoms with E-state index in [1.807, 2.05) is 44.2 Å². The molecule has 188 valence electrons. The number of aromatic hydroxyl groups is 1. The minimum absolute atomic E-state index is 0.0682. The lowest BCUT2D eigenvalue weighted by atomic mass is 9.84. The largest absolute Gasteiger partial charge is 0.507 e. The number of hydrogen-bond donors (Lipinski definition) is 1. The molecule has 3 aromatic rings. The van der Waals surface area contributed by atoms with E-state index >= 15 is 0 Å². The van der Waals surface area contributed by atoms with Crippen molar-refractivity contribution in [2.45, 2.75) is 38.8 Å². The lowest BCUT2D eigenvalue weighted by Crippen LogP contribution is -2.35. The summed E-state index contributed by atoms with van der Waals surface area (Å²) in [5.74, 6) is -2.58. The van der Waals surface area contributed by atoms with Crippen molar-refractivity contribution in [1.82, 2.24) is 4.90 Å². The van der Waals surface area contributed by atoms with Crippen molar-refractivity contribution in [3.8, 4) is 16.9 Å². The zero-order chi connectivity index (χ0) is 25.9. The molecule has 0 bridgehead atoms. The molecular weight excluding hydrogens is 467 g/mol. The quantitative estimate of drug-likeness (QED) is 0.380. The molecule has 1 aliphatic rings. The van der Waals surface area contributed by atoms with Crippen molar-refractivity contribution in [3.63, 3.8) is 0 Å². The third-order valence-corrected chi connectivity index (χ3v) is 6.18. The van der Waals surface area contributed by atoms with Gasteiger partial charge in [-0.3, -0.25) is 9.69 Å². The number of carbonyl (C=O) groups is 1. The number of phenolic OH excluding ortho intramolecular Hbond substituents is 1. The SMILES string of the molecule is CC(C)CC(C(=O)N1COC=C1Cc1ccccc1)c1cc(-c2ccccc2)cc(O)c1C(F)(F)F. The van der Waals surface area contributed by atoms with Crippen LogP contribution in [0.4, 0.5) is 13.2 Å². The average Bonchev–Trinajstić information content (AvgIpc) is 3.30. The maximum absolute atomic E-state index is 14.2. The van der Waals surface area contributed by atoms with Crippen LogP contribution in [0.25, 0.3) is 11.1 Å². The Kier molecular flexibility index (Phi) is 7.38. The normalized spacial score (nSPS) is 14.5. The molecule has 0 aliphatic carbocycles. The van der Waals surface area contributed by atoms with E-state index in [9.17, 15) is 23.1 Å². The second kappa shape index (κ2) is 10.5. The van der Waals surface area contributed by atoms with E-state index in [0.29, 0.717) is 23.2 Å². The van der Waals surface area contributed by atoms with Crippen molar-refractivity contribution >= 4 is 5.91 Å². The minimum atomic E-state index is -4.84. The summed E-state index contributed by atoms with van der Waals surface area (Å²) < 4.78 is 48.1. The van der Waals surface area contributed by atoms with Crippen molar-refractivity contribution in [2.24, 2.45) is 5.92 Å². The molecule has 0 fully saturated rings. The van der Waals surface area contributed by atoms with Gasteiger partial charge < -0.3 is 9.84 Å². The van der Waals surface area contributed by atoms with E-state index in [1.54, 1.807) is 30.3 Å². The number of nitrogens with zero attached hydrogens (tertiary/aromatic N) is 1. The van der Waals surface area contributed by atoms with Crippen LogP contribution >= 0.6 is 0 Å². The maximum Gasteiger partial charge on any atom is 0.420 e. The molecule has 0 saturated carbocycles. The van der Waals surface area contributed by atoms with E-state index < -0.39 is 29.3 Å². The monoisotopic (exact) mass is 495 g/mol. The van der Waals surface area contributed by atoms with Crippen LogP contribution in [0, 0.1) is 5.92 Å². The molecule has 0 radical (unpaired) electrons. The Balaban J connectivity index is 1.79. The predicted octanol–water partition coefficient (Wildman–Crippen LogP) is 7.11. The summed E-state index contributed by atoms with van der Waals surface area (Å²) in [6.07, 6.45) is -2.77. The van der Waals surface area contributed by atoms with Gasteiger partial charge in [-0.1, -0.05) is 74.5 Å². The summed E-state index contributed by atoms with van der Waals surface area (Å²) in [5.41, 5.74) is 1.19. The van der Waals surface area contributed by atoms with Gasteiger partial charge in [-0.25, -0.2) is 0 Å². The zero-order valence-electron chi connectivity index (χ0n) is 20.1. The molecule has 1 heterocycles. The molecule has 1 N–H and O–H groups in total. The lowest BCUT2D eigenvalue weighted by molar-refractivity contribution is -0.140. The fraction of sp³-hybridized carbons (Fsp3) is 0.276. The molecule has 3 aromatic carbocycles. The van der Waals surface area contributed by atoms with E-state index in [0.717, 1.165) is 11.6 Å². The molecular formula is C29H28F3NO3. The van der Waals surface area contributed by atoms with E-state index in [-0.39, 0.29) is 24.6 Å². The summed E-state index contributed by atoms with van der Waals surface area (Å²) in [6.45, 7) is 3.65. The number of hydrogen-bond acceptors (Lipinski definition) is 3. The topological polar surface area (TPSA) is 49.8 Å². The van der Waals surface area contributed by atoms with Crippen LogP contribution in [0.5, 0.6) is 5.75 Å². The van der Waals surface area contributed by atoms with E-state index in [1.165, 1.54) is 17.2 Å². The van der Waals surface area contributed by atoms with Crippen LogP contribution in [-0.2, 0) is 22.1 Å². The first-order valence-electron chi connectivity index (χ1n) is 11.8. The lowest BCUT2D eigenvalue weighted by Gasteiger charge is -2.28. The molecule has 0 aromatic heterocycles. The van der Waals surface area contributed by atoms with Crippen LogP contribution in [-0.4, -0.2) is 22.6 Å². The van der Waals surface area contributed by atoms with E-state index in [4.69, 9.17) is 4.74 Å². The molecule has 1 aliphatic heterocycles. The minimum Gasteiger partial charge on any atom is -0.507 e. The first kappa shape index (κ1) is 25.4. The third kappa shape index (κ3) is 5.56. The number of alkyl halides is 3. The Labute approximate surface area is 208 Å². The van der Waals surface area contributed by atoms with Crippen LogP contribution in [0.2, 0.25) is 0 Å². The van der Waals surface area contributed by atoms with Crippen molar-refractivity contribution in [1.29, 1.82) is 0 Å². The number of amides is 1. The predicted molar refractivity (Wildman–Crippen MR) is 132 cm³/mol. The molecule has 36 heavy (non-hydrogen) atoms. The highest BCUT2D eigenvalue weighted by Gasteiger charge is 2.42. The van der Waals surface area contributed by atoms with Gasteiger partial charge in [0.25, 0.3) is 0 Å². The van der Waals surface area contributed by atoms with E-state index in [2.05, 4.69) is 0 Å². The van der Waals surface area contributed by atoms with Gasteiger partial charge in [0, 0.05) is 6.42 Å². The summed E-state index contributed by atoms with van der Waals surface area (Å²) in [5, 5.41) is 10.6. The highest BCUT2D eigenvalue weighted by molar-refractivity contribution is 5.87. The Hall–Kier alpha value is -3.74. The van der Waals surface area contributed by atoms with Gasteiger partial charge in [-0.05, 0) is 46.7 Å². The second-order valence-corrected chi connectivity index (χ2v) is 9.34. The molecule has 1 atom stereocenters. The average molecular weight is 496 g/mol. The number of phenols is 1. The van der Waals surface area contributed by atoms with Gasteiger partial charge >= 0.3 is 6.18 Å². The number of ether oxygens (including phenoxy) is 1. The second-order valence-electron chi connectivity index (χ2n) is 9.34. The highest BCUT2D eigenvalue weighted by Crippen LogP contribution is 2.45. The molecule has 0 saturated heterocycles. The summed E-state index contributed by atoms with van der Waals surface area (Å²) in [6, 6.07) is 20.8. The molecule has 4 nitrogen and oxygen atoms in total. The maximum atomic E-state index is 14.2. The number of benzene rings is 3. The number of halogens is 3. The van der Waals surface area contributed by atoms with Crippen LogP contribution in [0.1, 0.15) is 42.9 Å². The van der Waals surface area contributed by atoms with Crippen molar-refractivity contribution in [2.75, 3.05) is 6.73 Å². The van der Waals surface area contributed by atoms with Gasteiger partial charge in [-0.15, -0.1) is 0 Å². The Morgan fingerprint density at radius 1 is 1.00 bits per heavy atom. The molecule has 0 spiro atoms. The smallest absolute Gasteiger partial charge is 0.420 e. The fourth-order valence-corrected chi connectivity index (χ4v) is 4.55. The van der Waals surface area contributed by atoms with Crippen LogP contribution < -0.4 is 0 Å². The summed E-state index contributed by atoms with van der Waals surface area (Å²) in [4.78, 5) is 15.3. The Morgan fingerprint density at radius 2 is 1.64 bits per heavy atom. The molecule has 1 unspecified atom stereocenters. The van der Waals surface area contributed by atoms with Gasteiger partial charge in [0.2, 0.25) is 5.91 Å². The van der Waals surface area contributed by atoms with Gasteiger partial charge in [-0.2, -0.15) is 13.2 Å². The van der Waals surface area contributed by atoms with Crippen molar-refractivity contribution < 1.29 is 27.8 Å². The van der Waals surface area contributed by atoms with Gasteiger partial charge in [0.1, 0.15) is 17.6 Å². The Bertz CT molecular complexity index is 1240. The Morgan fingerprint density at radius 3 is 2.25 bits per heavy atom. The number of rotatable bonds is 7. The molecule has 4 rings (SSSR count). The number of carbonyl (C=O) groups excluding carboxylic acids is 1. The number of allylic oxidation sites excluding steroid dienone is 1. The first-order valence-corrected chi connectivity index (χ1v) is 11.8. The third-order valence-electron chi connectivity index (χ3n) is 6.18. The van der Waals surface area contributed by atoms with Gasteiger partial charge in [0.15, 0.2) is 6.73 Å². The zero-order valence-corrected chi connectivity index (χ0v) is 20.1. The summed E-state index contributed by atoms with van der Waals surface area (Å²) in [7, 11) is 0. The van der Waals surface area contributed by atoms with Crippen molar-refractivity contribution in [3.05, 3.63) is 101 Å².